The van der Waals surface area contributed by atoms with Gasteiger partial charge in [0.2, 0.25) is 0 Å². The van der Waals surface area contributed by atoms with Crippen molar-refractivity contribution in [3.8, 4) is 0 Å². The molecule has 2 heterocycles. The van der Waals surface area contributed by atoms with Crippen LogP contribution in [0.1, 0.15) is 56.2 Å². The number of pyridine rings is 1. The zero-order valence-corrected chi connectivity index (χ0v) is 11.2. The highest BCUT2D eigenvalue weighted by atomic mass is 15.2. The average molecular weight is 232 g/mol. The Morgan fingerprint density at radius 1 is 1.41 bits per heavy atom. The summed E-state index contributed by atoms with van der Waals surface area (Å²) < 4.78 is 0. The van der Waals surface area contributed by atoms with E-state index < -0.39 is 0 Å². The topological polar surface area (TPSA) is 16.1 Å². The number of hydrogen-bond donors (Lipinski definition) is 0. The second kappa shape index (κ2) is 6.15. The Morgan fingerprint density at radius 2 is 2.29 bits per heavy atom. The van der Waals surface area contributed by atoms with Gasteiger partial charge in [-0.05, 0) is 56.5 Å². The summed E-state index contributed by atoms with van der Waals surface area (Å²) in [4.78, 5) is 6.97. The fourth-order valence-electron chi connectivity index (χ4n) is 2.80. The molecule has 1 aromatic heterocycles. The Bertz CT molecular complexity index is 349. The lowest BCUT2D eigenvalue weighted by molar-refractivity contribution is 0.146. The number of piperidine rings is 1. The lowest BCUT2D eigenvalue weighted by Gasteiger charge is -2.36. The Hall–Kier alpha value is -0.890. The van der Waals surface area contributed by atoms with E-state index in [4.69, 9.17) is 0 Å². The summed E-state index contributed by atoms with van der Waals surface area (Å²) in [6.45, 7) is 6.99. The quantitative estimate of drug-likeness (QED) is 0.786. The number of nitrogens with zero attached hydrogens (tertiary/aromatic N) is 2. The number of likely N-dealkylation sites (tertiary alicyclic amines) is 1. The molecule has 0 unspecified atom stereocenters. The zero-order valence-electron chi connectivity index (χ0n) is 11.2. The minimum absolute atomic E-state index is 0.615. The summed E-state index contributed by atoms with van der Waals surface area (Å²) in [5.41, 5.74) is 2.84. The number of rotatable bonds is 4. The summed E-state index contributed by atoms with van der Waals surface area (Å²) in [6, 6.07) is 2.76. The molecule has 17 heavy (non-hydrogen) atoms. The van der Waals surface area contributed by atoms with E-state index in [0.717, 1.165) is 0 Å². The van der Waals surface area contributed by atoms with Gasteiger partial charge in [-0.15, -0.1) is 0 Å². The predicted molar refractivity (Wildman–Crippen MR) is 72.0 cm³/mol. The van der Waals surface area contributed by atoms with Crippen molar-refractivity contribution in [3.63, 3.8) is 0 Å². The molecule has 0 spiro atoms. The lowest BCUT2D eigenvalue weighted by Crippen LogP contribution is -2.34. The monoisotopic (exact) mass is 232 g/mol. The van der Waals surface area contributed by atoms with Gasteiger partial charge in [-0.1, -0.05) is 19.8 Å². The van der Waals surface area contributed by atoms with Gasteiger partial charge in [-0.2, -0.15) is 0 Å². The molecule has 2 rings (SSSR count). The highest BCUT2D eigenvalue weighted by Crippen LogP contribution is 2.32. The van der Waals surface area contributed by atoms with Crippen molar-refractivity contribution in [2.24, 2.45) is 0 Å². The molecule has 1 saturated heterocycles. The number of hydrogen-bond acceptors (Lipinski definition) is 2. The molecule has 1 fully saturated rings. The molecule has 0 radical (unpaired) electrons. The minimum atomic E-state index is 0.615. The van der Waals surface area contributed by atoms with Crippen LogP contribution < -0.4 is 0 Å². The molecule has 94 valence electrons. The third-order valence-corrected chi connectivity index (χ3v) is 3.85. The molecule has 2 nitrogen and oxygen atoms in total. The van der Waals surface area contributed by atoms with Crippen LogP contribution >= 0.6 is 0 Å². The van der Waals surface area contributed by atoms with E-state index in [0.29, 0.717) is 6.04 Å². The molecule has 0 bridgehead atoms. The van der Waals surface area contributed by atoms with Crippen LogP contribution in [0.3, 0.4) is 0 Å². The van der Waals surface area contributed by atoms with E-state index in [2.05, 4.69) is 36.0 Å². The third-order valence-electron chi connectivity index (χ3n) is 3.85. The van der Waals surface area contributed by atoms with E-state index in [9.17, 15) is 0 Å². The van der Waals surface area contributed by atoms with Gasteiger partial charge in [-0.25, -0.2) is 0 Å². The second-order valence-electron chi connectivity index (χ2n) is 5.13. The van der Waals surface area contributed by atoms with Gasteiger partial charge >= 0.3 is 0 Å². The average Bonchev–Trinajstić information content (AvgIpc) is 2.37. The molecular formula is C15H24N2. The summed E-state index contributed by atoms with van der Waals surface area (Å²) in [5, 5.41) is 0. The molecule has 0 aliphatic carbocycles. The predicted octanol–water partition coefficient (Wildman–Crippen LogP) is 3.72. The second-order valence-corrected chi connectivity index (χ2v) is 5.13. The normalized spacial score (nSPS) is 21.6. The van der Waals surface area contributed by atoms with Crippen molar-refractivity contribution >= 4 is 0 Å². The van der Waals surface area contributed by atoms with Crippen LogP contribution in [-0.4, -0.2) is 23.0 Å². The van der Waals surface area contributed by atoms with Crippen LogP contribution in [0.2, 0.25) is 0 Å². The molecule has 1 aromatic rings. The molecule has 1 aliphatic heterocycles. The van der Waals surface area contributed by atoms with E-state index in [-0.39, 0.29) is 0 Å². The smallest absolute Gasteiger partial charge is 0.0366 e. The van der Waals surface area contributed by atoms with Gasteiger partial charge in [0.15, 0.2) is 0 Å². The van der Waals surface area contributed by atoms with Crippen molar-refractivity contribution in [3.05, 3.63) is 29.6 Å². The molecule has 2 heteroatoms. The number of unbranched alkanes of at least 4 members (excludes halogenated alkanes) is 1. The molecule has 0 amide bonds. The summed E-state index contributed by atoms with van der Waals surface area (Å²) in [7, 11) is 0. The van der Waals surface area contributed by atoms with E-state index in [1.807, 2.05) is 6.20 Å². The van der Waals surface area contributed by atoms with Gasteiger partial charge in [0.1, 0.15) is 0 Å². The maximum Gasteiger partial charge on any atom is 0.0366 e. The third kappa shape index (κ3) is 3.06. The van der Waals surface area contributed by atoms with Crippen molar-refractivity contribution in [2.75, 3.05) is 13.1 Å². The Labute approximate surface area is 105 Å². The molecule has 1 aliphatic rings. The molecule has 0 N–H and O–H groups in total. The SMILES string of the molecule is CCCCN1CCCC[C@@H]1c1cnccc1C. The highest BCUT2D eigenvalue weighted by Gasteiger charge is 2.24. The van der Waals surface area contributed by atoms with E-state index in [1.54, 1.807) is 0 Å². The Kier molecular flexibility index (Phi) is 4.55. The molecule has 1 atom stereocenters. The summed E-state index contributed by atoms with van der Waals surface area (Å²) in [5.74, 6) is 0. The van der Waals surface area contributed by atoms with Gasteiger partial charge < -0.3 is 0 Å². The van der Waals surface area contributed by atoms with E-state index >= 15 is 0 Å². The maximum absolute atomic E-state index is 4.31. The van der Waals surface area contributed by atoms with Gasteiger partial charge in [0.05, 0.1) is 0 Å². The van der Waals surface area contributed by atoms with Gasteiger partial charge in [-0.3, -0.25) is 9.88 Å². The summed E-state index contributed by atoms with van der Waals surface area (Å²) in [6.07, 6.45) is 10.6. The van der Waals surface area contributed by atoms with Crippen molar-refractivity contribution in [1.29, 1.82) is 0 Å². The first kappa shape index (κ1) is 12.6. The first-order valence-electron chi connectivity index (χ1n) is 6.97. The Balaban J connectivity index is 2.13. The largest absolute Gasteiger partial charge is 0.296 e. The number of aryl methyl sites for hydroxylation is 1. The van der Waals surface area contributed by atoms with E-state index in [1.165, 1.54) is 56.3 Å². The van der Waals surface area contributed by atoms with Crippen LogP contribution in [0, 0.1) is 6.92 Å². The van der Waals surface area contributed by atoms with Crippen molar-refractivity contribution in [2.45, 2.75) is 52.0 Å². The van der Waals surface area contributed by atoms with Crippen LogP contribution in [0.5, 0.6) is 0 Å². The van der Waals surface area contributed by atoms with Crippen LogP contribution in [0.15, 0.2) is 18.5 Å². The van der Waals surface area contributed by atoms with Crippen LogP contribution in [-0.2, 0) is 0 Å². The highest BCUT2D eigenvalue weighted by molar-refractivity contribution is 5.25. The fourth-order valence-corrected chi connectivity index (χ4v) is 2.80. The van der Waals surface area contributed by atoms with Gasteiger partial charge in [0.25, 0.3) is 0 Å². The van der Waals surface area contributed by atoms with Gasteiger partial charge in [0, 0.05) is 18.4 Å². The number of aromatic nitrogens is 1. The van der Waals surface area contributed by atoms with Crippen molar-refractivity contribution in [1.82, 2.24) is 9.88 Å². The first-order valence-corrected chi connectivity index (χ1v) is 6.97. The molecule has 0 saturated carbocycles. The lowest BCUT2D eigenvalue weighted by atomic mass is 9.93. The van der Waals surface area contributed by atoms with Crippen LogP contribution in [0.4, 0.5) is 0 Å². The zero-order chi connectivity index (χ0) is 12.1. The fraction of sp³-hybridized carbons (Fsp3) is 0.667. The maximum atomic E-state index is 4.31. The Morgan fingerprint density at radius 3 is 3.06 bits per heavy atom. The van der Waals surface area contributed by atoms with Crippen molar-refractivity contribution < 1.29 is 0 Å². The minimum Gasteiger partial charge on any atom is -0.296 e. The molecule has 0 aromatic carbocycles. The molecular weight excluding hydrogens is 208 g/mol. The first-order chi connectivity index (χ1) is 8.33. The summed E-state index contributed by atoms with van der Waals surface area (Å²) >= 11 is 0. The standard InChI is InChI=1S/C15H24N2/c1-3-4-10-17-11-6-5-7-15(17)14-12-16-9-8-13(14)2/h8-9,12,15H,3-7,10-11H2,1-2H3/t15-/m1/s1. The van der Waals surface area contributed by atoms with Crippen LogP contribution in [0.25, 0.3) is 0 Å².